The fraction of sp³-hybridized carbons (Fsp3) is 0.138. The predicted molar refractivity (Wildman–Crippen MR) is 260 cm³/mol. The van der Waals surface area contributed by atoms with Crippen LogP contribution in [0.3, 0.4) is 0 Å². The van der Waals surface area contributed by atoms with Crippen molar-refractivity contribution >= 4 is 43.9 Å². The van der Waals surface area contributed by atoms with Crippen molar-refractivity contribution in [2.45, 2.75) is 52.6 Å². The molecule has 7 aromatic carbocycles. The van der Waals surface area contributed by atoms with Crippen LogP contribution in [0.5, 0.6) is 0 Å². The Labute approximate surface area is 400 Å². The third-order valence-electron chi connectivity index (χ3n) is 12.1. The maximum Gasteiger partial charge on any atom is 0.416 e. The Balaban J connectivity index is 0.000000375. The van der Waals surface area contributed by atoms with Gasteiger partial charge in [0.2, 0.25) is 0 Å². The standard InChI is InChI=1S/C47H36F3N2O2.C11H8N.Ir/c1-26(2)34-22-31(29-14-8-6-9-15-29)23-35(27(3)4)42(34)52-39-19-13-12-18-38(39)51-46(52)37-25-36-28(5)43(30-16-10-7-11-17-30)54-44(36)41-33-21-20-32(47(48,49)50)24-40(33)53-45(37)41;1-2-6-10(7-3-1)11-8-4-5-9-12-11;/h6-24,26-27H,1-5H3;1-6,8-9H;/q2*-1;. The van der Waals surface area contributed by atoms with Crippen molar-refractivity contribution in [3.8, 4) is 50.8 Å². The molecule has 1 radical (unpaired) electrons. The van der Waals surface area contributed by atoms with Crippen molar-refractivity contribution in [2.24, 2.45) is 0 Å². The molecule has 0 unspecified atom stereocenters. The fourth-order valence-corrected chi connectivity index (χ4v) is 8.83. The molecule has 67 heavy (non-hydrogen) atoms. The van der Waals surface area contributed by atoms with Crippen LogP contribution in [0.2, 0.25) is 0 Å². The largest absolute Gasteiger partial charge is 0.499 e. The van der Waals surface area contributed by atoms with Gasteiger partial charge >= 0.3 is 6.18 Å². The van der Waals surface area contributed by atoms with Crippen molar-refractivity contribution in [3.63, 3.8) is 0 Å². The molecule has 0 aliphatic carbocycles. The molecule has 0 bridgehead atoms. The number of furan rings is 2. The minimum Gasteiger partial charge on any atom is -0.499 e. The molecule has 0 saturated heterocycles. The Morgan fingerprint density at radius 3 is 1.96 bits per heavy atom. The summed E-state index contributed by atoms with van der Waals surface area (Å²) >= 11 is 0. The Morgan fingerprint density at radius 1 is 0.657 bits per heavy atom. The summed E-state index contributed by atoms with van der Waals surface area (Å²) in [5.74, 6) is 1.52. The van der Waals surface area contributed by atoms with Crippen LogP contribution in [0.25, 0.3) is 94.7 Å². The molecule has 11 aromatic rings. The Kier molecular flexibility index (Phi) is 12.3. The molecule has 11 rings (SSSR count). The molecule has 0 aliphatic rings. The van der Waals surface area contributed by atoms with Gasteiger partial charge in [-0.05, 0) is 87.8 Å². The number of alkyl halides is 3. The zero-order valence-electron chi connectivity index (χ0n) is 37.4. The summed E-state index contributed by atoms with van der Waals surface area (Å²) in [7, 11) is 0. The Hall–Kier alpha value is -7.06. The zero-order chi connectivity index (χ0) is 45.7. The molecule has 0 aliphatic heterocycles. The molecule has 0 spiro atoms. The zero-order valence-corrected chi connectivity index (χ0v) is 39.8. The first-order chi connectivity index (χ1) is 32.0. The maximum atomic E-state index is 14.0. The monoisotopic (exact) mass is 1060 g/mol. The molecule has 335 valence electrons. The number of hydrogen-bond donors (Lipinski definition) is 0. The van der Waals surface area contributed by atoms with Crippen LogP contribution in [0.4, 0.5) is 13.2 Å². The first kappa shape index (κ1) is 45.1. The average molecular weight is 1060 g/mol. The molecule has 9 heteroatoms. The maximum absolute atomic E-state index is 14.0. The topological polar surface area (TPSA) is 57.0 Å². The van der Waals surface area contributed by atoms with Crippen LogP contribution in [-0.4, -0.2) is 14.5 Å². The number of rotatable bonds is 7. The van der Waals surface area contributed by atoms with E-state index < -0.39 is 11.7 Å². The third kappa shape index (κ3) is 8.39. The van der Waals surface area contributed by atoms with E-state index in [4.69, 9.17) is 13.8 Å². The smallest absolute Gasteiger partial charge is 0.416 e. The van der Waals surface area contributed by atoms with Crippen molar-refractivity contribution < 1.29 is 42.1 Å². The van der Waals surface area contributed by atoms with Crippen LogP contribution < -0.4 is 0 Å². The van der Waals surface area contributed by atoms with Crippen LogP contribution >= 0.6 is 0 Å². The number of nitrogens with zero attached hydrogens (tertiary/aromatic N) is 3. The Morgan fingerprint density at radius 2 is 1.31 bits per heavy atom. The predicted octanol–water partition coefficient (Wildman–Crippen LogP) is 16.6. The quantitative estimate of drug-likeness (QED) is 0.149. The van der Waals surface area contributed by atoms with Crippen LogP contribution in [0, 0.1) is 19.1 Å². The van der Waals surface area contributed by atoms with Crippen molar-refractivity contribution in [2.75, 3.05) is 0 Å². The van der Waals surface area contributed by atoms with E-state index in [-0.39, 0.29) is 37.5 Å². The minimum atomic E-state index is -4.54. The number of benzene rings is 7. The van der Waals surface area contributed by atoms with Gasteiger partial charge in [-0.3, -0.25) is 4.98 Å². The van der Waals surface area contributed by atoms with Gasteiger partial charge in [0.15, 0.2) is 0 Å². The van der Waals surface area contributed by atoms with Crippen LogP contribution in [-0.2, 0) is 26.3 Å². The van der Waals surface area contributed by atoms with E-state index in [0.29, 0.717) is 44.5 Å². The summed E-state index contributed by atoms with van der Waals surface area (Å²) < 4.78 is 57.5. The van der Waals surface area contributed by atoms with Gasteiger partial charge in [0.05, 0.1) is 39.3 Å². The third-order valence-corrected chi connectivity index (χ3v) is 12.1. The number of aryl methyl sites for hydroxylation is 1. The van der Waals surface area contributed by atoms with Gasteiger partial charge in [-0.25, -0.2) is 0 Å². The number of pyridine rings is 1. The van der Waals surface area contributed by atoms with Gasteiger partial charge < -0.3 is 18.4 Å². The second-order valence-electron chi connectivity index (χ2n) is 17.1. The number of imidazole rings is 1. The van der Waals surface area contributed by atoms with Gasteiger partial charge in [-0.2, -0.15) is 13.2 Å². The van der Waals surface area contributed by atoms with Crippen molar-refractivity contribution in [1.82, 2.24) is 14.5 Å². The number of para-hydroxylation sites is 2. The minimum absolute atomic E-state index is 0. The van der Waals surface area contributed by atoms with Gasteiger partial charge in [0.1, 0.15) is 5.58 Å². The molecule has 4 aromatic heterocycles. The molecule has 0 saturated carbocycles. The van der Waals surface area contributed by atoms with E-state index in [1.54, 1.807) is 6.20 Å². The summed E-state index contributed by atoms with van der Waals surface area (Å²) in [5, 5.41) is 1.82. The fourth-order valence-electron chi connectivity index (χ4n) is 8.83. The Bertz CT molecular complexity index is 3460. The summed E-state index contributed by atoms with van der Waals surface area (Å²) in [5.41, 5.74) is 11.7. The molecule has 0 amide bonds. The van der Waals surface area contributed by atoms with Gasteiger partial charge in [-0.1, -0.05) is 137 Å². The van der Waals surface area contributed by atoms with E-state index in [9.17, 15) is 13.2 Å². The van der Waals surface area contributed by atoms with E-state index in [1.165, 1.54) is 6.07 Å². The molecule has 5 nitrogen and oxygen atoms in total. The van der Waals surface area contributed by atoms with E-state index >= 15 is 0 Å². The van der Waals surface area contributed by atoms with E-state index in [0.717, 1.165) is 73.5 Å². The first-order valence-electron chi connectivity index (χ1n) is 22.0. The average Bonchev–Trinajstić information content (AvgIpc) is 4.02. The summed E-state index contributed by atoms with van der Waals surface area (Å²) in [6.07, 6.45) is -2.75. The SMILES string of the molecule is Cc1c(-c2ccccc2)oc2c1[c-]c(-c1nc3ccccc3n1-c1c(C(C)C)cc(-c3ccccc3)cc1C(C)C)c1oc3cc(C(F)(F)F)ccc3c12.[Ir].[c-]1ccccc1-c1ccccn1. The second-order valence-corrected chi connectivity index (χ2v) is 17.1. The molecule has 0 N–H and O–H groups in total. The molecular formula is C58H44F3IrN3O2-2. The summed E-state index contributed by atoms with van der Waals surface area (Å²) in [6.45, 7) is 10.8. The molecule has 4 heterocycles. The number of fused-ring (bicyclic) bond motifs is 6. The normalized spacial score (nSPS) is 11.7. The molecule has 0 atom stereocenters. The second kappa shape index (κ2) is 18.3. The van der Waals surface area contributed by atoms with E-state index in [2.05, 4.69) is 91.8 Å². The summed E-state index contributed by atoms with van der Waals surface area (Å²) in [6, 6.07) is 56.9. The number of aromatic nitrogens is 3. The van der Waals surface area contributed by atoms with E-state index in [1.807, 2.05) is 104 Å². The van der Waals surface area contributed by atoms with Gasteiger partial charge in [0.25, 0.3) is 0 Å². The van der Waals surface area contributed by atoms with Crippen LogP contribution in [0.1, 0.15) is 61.8 Å². The van der Waals surface area contributed by atoms with Gasteiger partial charge in [-0.15, -0.1) is 42.0 Å². The molecule has 0 fully saturated rings. The van der Waals surface area contributed by atoms with Crippen LogP contribution in [0.15, 0.2) is 173 Å². The summed E-state index contributed by atoms with van der Waals surface area (Å²) in [4.78, 5) is 9.50. The van der Waals surface area contributed by atoms with Crippen molar-refractivity contribution in [3.05, 3.63) is 198 Å². The number of halogens is 3. The van der Waals surface area contributed by atoms with Gasteiger partial charge in [0, 0.05) is 48.3 Å². The molecular weight excluding hydrogens is 1020 g/mol. The number of hydrogen-bond acceptors (Lipinski definition) is 4. The van der Waals surface area contributed by atoms with Crippen molar-refractivity contribution in [1.29, 1.82) is 0 Å². The first-order valence-corrected chi connectivity index (χ1v) is 22.0.